The average molecular weight is 313 g/mol. The van der Waals surface area contributed by atoms with E-state index in [0.29, 0.717) is 5.82 Å². The number of nitrogens with zero attached hydrogens (tertiary/aromatic N) is 4. The predicted octanol–water partition coefficient (Wildman–Crippen LogP) is 3.43. The molecule has 0 radical (unpaired) electrons. The van der Waals surface area contributed by atoms with Gasteiger partial charge in [0.05, 0.1) is 4.92 Å². The van der Waals surface area contributed by atoms with Crippen molar-refractivity contribution < 1.29 is 4.92 Å². The Hall–Kier alpha value is -2.70. The minimum Gasteiger partial charge on any atom is -0.351 e. The third-order valence-corrected chi connectivity index (χ3v) is 3.92. The molecular weight excluding hydrogens is 294 g/mol. The van der Waals surface area contributed by atoms with Crippen molar-refractivity contribution in [3.8, 4) is 0 Å². The van der Waals surface area contributed by atoms with Crippen molar-refractivity contribution in [2.24, 2.45) is 0 Å². The lowest BCUT2D eigenvalue weighted by atomic mass is 10.1. The minimum atomic E-state index is -0.401. The molecule has 1 aliphatic heterocycles. The summed E-state index contributed by atoms with van der Waals surface area (Å²) >= 11 is 0. The molecule has 1 aromatic carbocycles. The standard InChI is InChI=1S/C16H19N5O2/c1-12-6-5-7-13(10-12)19-15-14(21(22)23)16(18-11-17-15)20-8-3-2-4-9-20/h5-7,10-11H,2-4,8-9H2,1H3,(H,17,18,19). The van der Waals surface area contributed by atoms with E-state index in [1.54, 1.807) is 0 Å². The van der Waals surface area contributed by atoms with Gasteiger partial charge in [-0.25, -0.2) is 9.97 Å². The fourth-order valence-electron chi connectivity index (χ4n) is 2.83. The molecule has 1 aliphatic rings. The maximum Gasteiger partial charge on any atom is 0.353 e. The van der Waals surface area contributed by atoms with Crippen LogP contribution in [-0.4, -0.2) is 28.0 Å². The van der Waals surface area contributed by atoms with Crippen LogP contribution < -0.4 is 10.2 Å². The van der Waals surface area contributed by atoms with Gasteiger partial charge >= 0.3 is 5.69 Å². The Balaban J connectivity index is 1.97. The van der Waals surface area contributed by atoms with Crippen LogP contribution in [0.2, 0.25) is 0 Å². The number of aryl methyl sites for hydroxylation is 1. The maximum absolute atomic E-state index is 11.6. The van der Waals surface area contributed by atoms with Crippen LogP contribution in [0, 0.1) is 17.0 Å². The Morgan fingerprint density at radius 2 is 2.00 bits per heavy atom. The highest BCUT2D eigenvalue weighted by Crippen LogP contribution is 2.34. The first-order valence-corrected chi connectivity index (χ1v) is 7.73. The lowest BCUT2D eigenvalue weighted by molar-refractivity contribution is -0.383. The van der Waals surface area contributed by atoms with Gasteiger partial charge in [-0.05, 0) is 43.9 Å². The number of benzene rings is 1. The summed E-state index contributed by atoms with van der Waals surface area (Å²) in [5.41, 5.74) is 1.79. The summed E-state index contributed by atoms with van der Waals surface area (Å²) in [5.74, 6) is 0.635. The molecule has 0 aliphatic carbocycles. The van der Waals surface area contributed by atoms with E-state index in [2.05, 4.69) is 15.3 Å². The van der Waals surface area contributed by atoms with Gasteiger partial charge < -0.3 is 10.2 Å². The predicted molar refractivity (Wildman–Crippen MR) is 89.2 cm³/mol. The fraction of sp³-hybridized carbons (Fsp3) is 0.375. The second-order valence-electron chi connectivity index (χ2n) is 5.69. The van der Waals surface area contributed by atoms with Crippen LogP contribution >= 0.6 is 0 Å². The first-order chi connectivity index (χ1) is 11.1. The zero-order valence-electron chi connectivity index (χ0n) is 13.0. The summed E-state index contributed by atoms with van der Waals surface area (Å²) in [6.07, 6.45) is 4.60. The van der Waals surface area contributed by atoms with Crippen LogP contribution in [0.1, 0.15) is 24.8 Å². The van der Waals surface area contributed by atoms with Crippen molar-refractivity contribution in [1.82, 2.24) is 9.97 Å². The first kappa shape index (κ1) is 15.2. The zero-order chi connectivity index (χ0) is 16.2. The minimum absolute atomic E-state index is 0.0593. The molecule has 0 amide bonds. The molecule has 1 aromatic heterocycles. The quantitative estimate of drug-likeness (QED) is 0.687. The molecule has 3 rings (SSSR count). The fourth-order valence-corrected chi connectivity index (χ4v) is 2.83. The second kappa shape index (κ2) is 6.60. The van der Waals surface area contributed by atoms with Crippen molar-refractivity contribution in [3.63, 3.8) is 0 Å². The van der Waals surface area contributed by atoms with Crippen molar-refractivity contribution in [1.29, 1.82) is 0 Å². The monoisotopic (exact) mass is 313 g/mol. The van der Waals surface area contributed by atoms with Gasteiger partial charge in [0.1, 0.15) is 6.33 Å². The summed E-state index contributed by atoms with van der Waals surface area (Å²) in [4.78, 5) is 21.4. The Kier molecular flexibility index (Phi) is 4.36. The van der Waals surface area contributed by atoms with Crippen molar-refractivity contribution in [2.75, 3.05) is 23.3 Å². The van der Waals surface area contributed by atoms with Crippen LogP contribution in [0.5, 0.6) is 0 Å². The highest BCUT2D eigenvalue weighted by Gasteiger charge is 2.27. The number of anilines is 3. The molecule has 2 aromatic rings. The van der Waals surface area contributed by atoms with Gasteiger partial charge in [0.2, 0.25) is 11.6 Å². The summed E-state index contributed by atoms with van der Waals surface area (Å²) in [5, 5.41) is 14.7. The Morgan fingerprint density at radius 1 is 1.22 bits per heavy atom. The third-order valence-electron chi connectivity index (χ3n) is 3.92. The molecule has 0 bridgehead atoms. The Morgan fingerprint density at radius 3 is 2.70 bits per heavy atom. The van der Waals surface area contributed by atoms with Gasteiger partial charge in [-0.3, -0.25) is 10.1 Å². The summed E-state index contributed by atoms with van der Waals surface area (Å²) < 4.78 is 0. The molecule has 1 N–H and O–H groups in total. The summed E-state index contributed by atoms with van der Waals surface area (Å²) in [7, 11) is 0. The Bertz CT molecular complexity index is 713. The lowest BCUT2D eigenvalue weighted by Gasteiger charge is -2.27. The molecule has 0 unspecified atom stereocenters. The molecule has 7 heteroatoms. The van der Waals surface area contributed by atoms with Crippen LogP contribution in [0.4, 0.5) is 23.0 Å². The Labute approximate surface area is 134 Å². The molecule has 1 saturated heterocycles. The highest BCUT2D eigenvalue weighted by atomic mass is 16.6. The molecule has 1 fully saturated rings. The van der Waals surface area contributed by atoms with Crippen molar-refractivity contribution in [2.45, 2.75) is 26.2 Å². The first-order valence-electron chi connectivity index (χ1n) is 7.73. The number of nitro groups is 1. The molecule has 0 spiro atoms. The van der Waals surface area contributed by atoms with Crippen LogP contribution in [0.15, 0.2) is 30.6 Å². The third kappa shape index (κ3) is 3.39. The second-order valence-corrected chi connectivity index (χ2v) is 5.69. The zero-order valence-corrected chi connectivity index (χ0v) is 13.0. The van der Waals surface area contributed by atoms with E-state index in [-0.39, 0.29) is 11.5 Å². The number of hydrogen-bond donors (Lipinski definition) is 1. The summed E-state index contributed by atoms with van der Waals surface area (Å²) in [6, 6.07) is 7.65. The van der Waals surface area contributed by atoms with E-state index in [9.17, 15) is 10.1 Å². The van der Waals surface area contributed by atoms with Gasteiger partial charge in [-0.15, -0.1) is 0 Å². The van der Waals surface area contributed by atoms with Gasteiger partial charge in [0, 0.05) is 18.8 Å². The van der Waals surface area contributed by atoms with E-state index < -0.39 is 4.92 Å². The molecular formula is C16H19N5O2. The van der Waals surface area contributed by atoms with Crippen LogP contribution in [-0.2, 0) is 0 Å². The smallest absolute Gasteiger partial charge is 0.351 e. The molecule has 2 heterocycles. The molecule has 120 valence electrons. The van der Waals surface area contributed by atoms with Gasteiger partial charge in [-0.2, -0.15) is 0 Å². The van der Waals surface area contributed by atoms with E-state index in [1.165, 1.54) is 6.33 Å². The van der Waals surface area contributed by atoms with Crippen LogP contribution in [0.25, 0.3) is 0 Å². The highest BCUT2D eigenvalue weighted by molar-refractivity contribution is 5.74. The number of hydrogen-bond acceptors (Lipinski definition) is 6. The number of rotatable bonds is 4. The van der Waals surface area contributed by atoms with E-state index in [1.807, 2.05) is 36.1 Å². The van der Waals surface area contributed by atoms with E-state index >= 15 is 0 Å². The molecule has 0 saturated carbocycles. The average Bonchev–Trinajstić information content (AvgIpc) is 2.55. The number of aromatic nitrogens is 2. The van der Waals surface area contributed by atoms with E-state index in [0.717, 1.165) is 43.6 Å². The largest absolute Gasteiger partial charge is 0.353 e. The normalized spacial score (nSPS) is 14.6. The van der Waals surface area contributed by atoms with Crippen LogP contribution in [0.3, 0.4) is 0 Å². The van der Waals surface area contributed by atoms with Crippen molar-refractivity contribution >= 4 is 23.0 Å². The van der Waals surface area contributed by atoms with Gasteiger partial charge in [0.25, 0.3) is 0 Å². The lowest BCUT2D eigenvalue weighted by Crippen LogP contribution is -2.31. The molecule has 0 atom stereocenters. The SMILES string of the molecule is Cc1cccc(Nc2ncnc(N3CCCCC3)c2[N+](=O)[O-])c1. The molecule has 23 heavy (non-hydrogen) atoms. The van der Waals surface area contributed by atoms with E-state index in [4.69, 9.17) is 0 Å². The number of piperidine rings is 1. The van der Waals surface area contributed by atoms with Gasteiger partial charge in [0.15, 0.2) is 0 Å². The van der Waals surface area contributed by atoms with Crippen molar-refractivity contribution in [3.05, 3.63) is 46.3 Å². The summed E-state index contributed by atoms with van der Waals surface area (Å²) in [6.45, 7) is 3.56. The molecule has 7 nitrogen and oxygen atoms in total. The van der Waals surface area contributed by atoms with Gasteiger partial charge in [-0.1, -0.05) is 12.1 Å². The number of nitrogens with one attached hydrogen (secondary N) is 1. The topological polar surface area (TPSA) is 84.2 Å². The maximum atomic E-state index is 11.6.